The number of hydrogen-bond donors (Lipinski definition) is 1. The SMILES string of the molecule is O=C(NC1CCOc2ccccc21)c1ccc(C(F)(F)F)nc1. The molecule has 1 unspecified atom stereocenters. The minimum atomic E-state index is -4.52. The molecule has 1 amide bonds. The summed E-state index contributed by atoms with van der Waals surface area (Å²) in [5, 5.41) is 2.81. The van der Waals surface area contributed by atoms with Gasteiger partial charge in [0.1, 0.15) is 11.4 Å². The molecule has 3 rings (SSSR count). The zero-order valence-electron chi connectivity index (χ0n) is 11.9. The molecule has 1 atom stereocenters. The fourth-order valence-corrected chi connectivity index (χ4v) is 2.43. The number of carbonyl (C=O) groups is 1. The second-order valence-corrected chi connectivity index (χ2v) is 5.13. The highest BCUT2D eigenvalue weighted by atomic mass is 19.4. The van der Waals surface area contributed by atoms with Crippen LogP contribution in [0, 0.1) is 0 Å². The number of halogens is 3. The van der Waals surface area contributed by atoms with Gasteiger partial charge < -0.3 is 10.1 Å². The Balaban J connectivity index is 1.75. The Morgan fingerprint density at radius 3 is 2.70 bits per heavy atom. The van der Waals surface area contributed by atoms with E-state index in [4.69, 9.17) is 4.74 Å². The average Bonchev–Trinajstić information content (AvgIpc) is 2.54. The lowest BCUT2D eigenvalue weighted by Crippen LogP contribution is -2.32. The molecule has 0 saturated heterocycles. The quantitative estimate of drug-likeness (QED) is 0.922. The van der Waals surface area contributed by atoms with Crippen molar-refractivity contribution in [3.8, 4) is 5.75 Å². The summed E-state index contributed by atoms with van der Waals surface area (Å²) in [6.45, 7) is 0.465. The number of nitrogens with zero attached hydrogens (tertiary/aromatic N) is 1. The molecule has 4 nitrogen and oxygen atoms in total. The second-order valence-electron chi connectivity index (χ2n) is 5.13. The summed E-state index contributed by atoms with van der Waals surface area (Å²) in [5.41, 5.74) is -0.0839. The van der Waals surface area contributed by atoms with Crippen LogP contribution >= 0.6 is 0 Å². The van der Waals surface area contributed by atoms with Crippen LogP contribution in [0.4, 0.5) is 13.2 Å². The van der Waals surface area contributed by atoms with E-state index in [0.29, 0.717) is 18.8 Å². The topological polar surface area (TPSA) is 51.2 Å². The van der Waals surface area contributed by atoms with Gasteiger partial charge in [0.05, 0.1) is 18.2 Å². The molecule has 23 heavy (non-hydrogen) atoms. The van der Waals surface area contributed by atoms with Gasteiger partial charge in [-0.05, 0) is 18.2 Å². The highest BCUT2D eigenvalue weighted by Gasteiger charge is 2.32. The molecule has 0 saturated carbocycles. The van der Waals surface area contributed by atoms with Crippen LogP contribution in [0.1, 0.15) is 34.1 Å². The Hall–Kier alpha value is -2.57. The number of para-hydroxylation sites is 1. The zero-order chi connectivity index (χ0) is 16.4. The summed E-state index contributed by atoms with van der Waals surface area (Å²) in [4.78, 5) is 15.5. The van der Waals surface area contributed by atoms with Gasteiger partial charge in [0.15, 0.2) is 0 Å². The van der Waals surface area contributed by atoms with Gasteiger partial charge in [-0.2, -0.15) is 13.2 Å². The first-order chi connectivity index (χ1) is 10.9. The number of fused-ring (bicyclic) bond motifs is 1. The van der Waals surface area contributed by atoms with Crippen LogP contribution < -0.4 is 10.1 Å². The van der Waals surface area contributed by atoms with Crippen molar-refractivity contribution >= 4 is 5.91 Å². The Labute approximate surface area is 130 Å². The highest BCUT2D eigenvalue weighted by molar-refractivity contribution is 5.94. The van der Waals surface area contributed by atoms with Gasteiger partial charge in [-0.25, -0.2) is 0 Å². The van der Waals surface area contributed by atoms with Crippen LogP contribution in [0.5, 0.6) is 5.75 Å². The van der Waals surface area contributed by atoms with Gasteiger partial charge >= 0.3 is 6.18 Å². The molecule has 120 valence electrons. The van der Waals surface area contributed by atoms with E-state index in [2.05, 4.69) is 10.3 Å². The third kappa shape index (κ3) is 3.28. The molecule has 0 radical (unpaired) electrons. The fourth-order valence-electron chi connectivity index (χ4n) is 2.43. The molecule has 0 bridgehead atoms. The van der Waals surface area contributed by atoms with E-state index in [0.717, 1.165) is 23.9 Å². The van der Waals surface area contributed by atoms with Gasteiger partial charge in [0.2, 0.25) is 0 Å². The first-order valence-corrected chi connectivity index (χ1v) is 7.01. The number of benzene rings is 1. The van der Waals surface area contributed by atoms with Crippen molar-refractivity contribution in [3.63, 3.8) is 0 Å². The van der Waals surface area contributed by atoms with Gasteiger partial charge in [-0.15, -0.1) is 0 Å². The van der Waals surface area contributed by atoms with Crippen molar-refractivity contribution in [2.24, 2.45) is 0 Å². The van der Waals surface area contributed by atoms with Crippen molar-refractivity contribution in [1.82, 2.24) is 10.3 Å². The second kappa shape index (κ2) is 5.91. The molecule has 0 aliphatic carbocycles. The maximum absolute atomic E-state index is 12.5. The number of alkyl halides is 3. The van der Waals surface area contributed by atoms with Gasteiger partial charge in [-0.1, -0.05) is 18.2 Å². The monoisotopic (exact) mass is 322 g/mol. The summed E-state index contributed by atoms with van der Waals surface area (Å²) < 4.78 is 43.0. The number of amides is 1. The van der Waals surface area contributed by atoms with E-state index >= 15 is 0 Å². The summed E-state index contributed by atoms with van der Waals surface area (Å²) in [5.74, 6) is 0.238. The Morgan fingerprint density at radius 1 is 1.22 bits per heavy atom. The van der Waals surface area contributed by atoms with Crippen molar-refractivity contribution in [2.75, 3.05) is 6.61 Å². The summed E-state index contributed by atoms with van der Waals surface area (Å²) in [7, 11) is 0. The maximum atomic E-state index is 12.5. The molecular weight excluding hydrogens is 309 g/mol. The Kier molecular flexibility index (Phi) is 3.94. The zero-order valence-corrected chi connectivity index (χ0v) is 11.9. The molecule has 1 aliphatic rings. The summed E-state index contributed by atoms with van der Waals surface area (Å²) >= 11 is 0. The standard InChI is InChI=1S/C16H13F3N2O2/c17-16(18,19)14-6-5-10(9-20-14)15(22)21-12-7-8-23-13-4-2-1-3-11(12)13/h1-6,9,12H,7-8H2,(H,21,22). The first-order valence-electron chi connectivity index (χ1n) is 7.01. The average molecular weight is 322 g/mol. The van der Waals surface area contributed by atoms with E-state index in [1.54, 1.807) is 0 Å². The van der Waals surface area contributed by atoms with Crippen LogP contribution in [-0.4, -0.2) is 17.5 Å². The van der Waals surface area contributed by atoms with E-state index < -0.39 is 17.8 Å². The Morgan fingerprint density at radius 2 is 2.00 bits per heavy atom. The predicted molar refractivity (Wildman–Crippen MR) is 76.0 cm³/mol. The molecule has 0 spiro atoms. The van der Waals surface area contributed by atoms with E-state index in [9.17, 15) is 18.0 Å². The normalized spacial score (nSPS) is 17.1. The van der Waals surface area contributed by atoms with E-state index in [-0.39, 0.29) is 11.6 Å². The van der Waals surface area contributed by atoms with Gasteiger partial charge in [0, 0.05) is 18.2 Å². The predicted octanol–water partition coefficient (Wildman–Crippen LogP) is 3.35. The highest BCUT2D eigenvalue weighted by Crippen LogP contribution is 2.32. The molecule has 2 aromatic rings. The van der Waals surface area contributed by atoms with Crippen LogP contribution in [0.25, 0.3) is 0 Å². The van der Waals surface area contributed by atoms with Crippen LogP contribution in [0.15, 0.2) is 42.6 Å². The van der Waals surface area contributed by atoms with Crippen LogP contribution in [-0.2, 0) is 6.18 Å². The number of pyridine rings is 1. The molecule has 1 aromatic heterocycles. The first kappa shape index (κ1) is 15.3. The lowest BCUT2D eigenvalue weighted by molar-refractivity contribution is -0.141. The lowest BCUT2D eigenvalue weighted by Gasteiger charge is -2.26. The number of nitrogens with one attached hydrogen (secondary N) is 1. The lowest BCUT2D eigenvalue weighted by atomic mass is 10.0. The van der Waals surface area contributed by atoms with Crippen molar-refractivity contribution in [1.29, 1.82) is 0 Å². The van der Waals surface area contributed by atoms with Crippen molar-refractivity contribution < 1.29 is 22.7 Å². The van der Waals surface area contributed by atoms with Crippen molar-refractivity contribution in [2.45, 2.75) is 18.6 Å². The third-order valence-corrected chi connectivity index (χ3v) is 3.58. The van der Waals surface area contributed by atoms with E-state index in [1.165, 1.54) is 0 Å². The smallest absolute Gasteiger partial charge is 0.433 e. The number of hydrogen-bond acceptors (Lipinski definition) is 3. The van der Waals surface area contributed by atoms with Gasteiger partial charge in [0.25, 0.3) is 5.91 Å². The minimum absolute atomic E-state index is 0.0852. The number of ether oxygens (including phenoxy) is 1. The fraction of sp³-hybridized carbons (Fsp3) is 0.250. The van der Waals surface area contributed by atoms with E-state index in [1.807, 2.05) is 24.3 Å². The number of rotatable bonds is 2. The molecule has 0 fully saturated rings. The molecule has 1 aliphatic heterocycles. The summed E-state index contributed by atoms with van der Waals surface area (Å²) in [6.07, 6.45) is -2.99. The molecular formula is C16H13F3N2O2. The molecule has 2 heterocycles. The molecule has 7 heteroatoms. The van der Waals surface area contributed by atoms with Crippen LogP contribution in [0.3, 0.4) is 0 Å². The Bertz CT molecular complexity index is 714. The molecule has 1 N–H and O–H groups in total. The van der Waals surface area contributed by atoms with Gasteiger partial charge in [-0.3, -0.25) is 9.78 Å². The minimum Gasteiger partial charge on any atom is -0.493 e. The van der Waals surface area contributed by atoms with Crippen LogP contribution in [0.2, 0.25) is 0 Å². The summed E-state index contributed by atoms with van der Waals surface area (Å²) in [6, 6.07) is 9.02. The van der Waals surface area contributed by atoms with Crippen molar-refractivity contribution in [3.05, 3.63) is 59.4 Å². The largest absolute Gasteiger partial charge is 0.493 e. The number of carbonyl (C=O) groups excluding carboxylic acids is 1. The number of aromatic nitrogens is 1. The maximum Gasteiger partial charge on any atom is 0.433 e. The third-order valence-electron chi connectivity index (χ3n) is 3.58. The molecule has 1 aromatic carbocycles.